The third kappa shape index (κ3) is 2.64. The fraction of sp³-hybridized carbons (Fsp3) is 0.647. The first kappa shape index (κ1) is 13.0. The molecule has 0 saturated heterocycles. The van der Waals surface area contributed by atoms with Gasteiger partial charge >= 0.3 is 0 Å². The summed E-state index contributed by atoms with van der Waals surface area (Å²) >= 11 is 0. The van der Waals surface area contributed by atoms with Gasteiger partial charge in [0, 0.05) is 12.6 Å². The van der Waals surface area contributed by atoms with Gasteiger partial charge in [0.1, 0.15) is 5.75 Å². The minimum absolute atomic E-state index is 0.657. The van der Waals surface area contributed by atoms with Crippen molar-refractivity contribution in [1.29, 1.82) is 0 Å². The zero-order valence-corrected chi connectivity index (χ0v) is 12.0. The lowest BCUT2D eigenvalue weighted by Gasteiger charge is -2.52. The van der Waals surface area contributed by atoms with Crippen LogP contribution in [0.15, 0.2) is 24.3 Å². The molecule has 0 radical (unpaired) electrons. The second-order valence-electron chi connectivity index (χ2n) is 6.24. The van der Waals surface area contributed by atoms with Gasteiger partial charge in [0.15, 0.2) is 0 Å². The fourth-order valence-corrected chi connectivity index (χ4v) is 3.85. The van der Waals surface area contributed by atoms with E-state index in [1.807, 2.05) is 12.1 Å². The number of ether oxygens (including phenoxy) is 1. The molecule has 2 nitrogen and oxygen atoms in total. The van der Waals surface area contributed by atoms with Gasteiger partial charge in [-0.15, -0.1) is 0 Å². The molecule has 2 aliphatic carbocycles. The molecule has 0 aliphatic heterocycles. The molecule has 1 N–H and O–H groups in total. The zero-order valence-electron chi connectivity index (χ0n) is 12.0. The molecule has 3 rings (SSSR count). The van der Waals surface area contributed by atoms with Crippen LogP contribution in [0.2, 0.25) is 0 Å². The first-order valence-electron chi connectivity index (χ1n) is 7.69. The van der Waals surface area contributed by atoms with Crippen molar-refractivity contribution >= 4 is 0 Å². The van der Waals surface area contributed by atoms with Crippen molar-refractivity contribution in [2.24, 2.45) is 5.41 Å². The van der Waals surface area contributed by atoms with Crippen LogP contribution in [0.4, 0.5) is 0 Å². The Bertz CT molecular complexity index is 406. The molecule has 0 heterocycles. The van der Waals surface area contributed by atoms with E-state index < -0.39 is 0 Å². The first-order valence-corrected chi connectivity index (χ1v) is 7.69. The van der Waals surface area contributed by atoms with Crippen LogP contribution in [0.5, 0.6) is 5.75 Å². The van der Waals surface area contributed by atoms with Gasteiger partial charge in [0.2, 0.25) is 0 Å². The van der Waals surface area contributed by atoms with Gasteiger partial charge in [-0.1, -0.05) is 31.4 Å². The Morgan fingerprint density at radius 2 is 1.84 bits per heavy atom. The summed E-state index contributed by atoms with van der Waals surface area (Å²) in [5.41, 5.74) is 2.02. The molecule has 104 valence electrons. The monoisotopic (exact) mass is 259 g/mol. The summed E-state index contributed by atoms with van der Waals surface area (Å²) in [5, 5.41) is 3.79. The van der Waals surface area contributed by atoms with Crippen LogP contribution >= 0.6 is 0 Å². The minimum Gasteiger partial charge on any atom is -0.497 e. The lowest BCUT2D eigenvalue weighted by molar-refractivity contribution is 0.0221. The molecule has 1 aromatic carbocycles. The Morgan fingerprint density at radius 1 is 1.11 bits per heavy atom. The molecule has 0 bridgehead atoms. The fourth-order valence-electron chi connectivity index (χ4n) is 3.85. The van der Waals surface area contributed by atoms with Crippen molar-refractivity contribution in [2.75, 3.05) is 7.11 Å². The molecule has 2 heteroatoms. The molecule has 2 saturated carbocycles. The number of methoxy groups -OCH3 is 1. The summed E-state index contributed by atoms with van der Waals surface area (Å²) < 4.78 is 5.20. The SMILES string of the molecule is COc1ccc(CNC2CCC23CCCCC3)cc1. The van der Waals surface area contributed by atoms with E-state index in [4.69, 9.17) is 4.74 Å². The van der Waals surface area contributed by atoms with Gasteiger partial charge < -0.3 is 10.1 Å². The minimum atomic E-state index is 0.657. The Kier molecular flexibility index (Phi) is 3.79. The number of hydrogen-bond acceptors (Lipinski definition) is 2. The van der Waals surface area contributed by atoms with E-state index >= 15 is 0 Å². The maximum Gasteiger partial charge on any atom is 0.118 e. The number of hydrogen-bond donors (Lipinski definition) is 1. The zero-order chi connectivity index (χ0) is 13.1. The topological polar surface area (TPSA) is 21.3 Å². The number of benzene rings is 1. The largest absolute Gasteiger partial charge is 0.497 e. The van der Waals surface area contributed by atoms with Crippen LogP contribution in [0.1, 0.15) is 50.5 Å². The van der Waals surface area contributed by atoms with Crippen molar-refractivity contribution in [3.63, 3.8) is 0 Å². The molecule has 1 aromatic rings. The van der Waals surface area contributed by atoms with E-state index in [1.54, 1.807) is 7.11 Å². The van der Waals surface area contributed by atoms with E-state index in [2.05, 4.69) is 17.4 Å². The Balaban J connectivity index is 1.54. The van der Waals surface area contributed by atoms with Crippen molar-refractivity contribution in [3.8, 4) is 5.75 Å². The van der Waals surface area contributed by atoms with Crippen LogP contribution < -0.4 is 10.1 Å². The average Bonchev–Trinajstić information content (AvgIpc) is 2.48. The van der Waals surface area contributed by atoms with Crippen molar-refractivity contribution in [3.05, 3.63) is 29.8 Å². The highest BCUT2D eigenvalue weighted by molar-refractivity contribution is 5.27. The van der Waals surface area contributed by atoms with Crippen molar-refractivity contribution in [2.45, 2.75) is 57.5 Å². The van der Waals surface area contributed by atoms with Crippen LogP contribution in [0.25, 0.3) is 0 Å². The van der Waals surface area contributed by atoms with E-state index in [0.717, 1.165) is 18.3 Å². The Morgan fingerprint density at radius 3 is 2.42 bits per heavy atom. The summed E-state index contributed by atoms with van der Waals surface area (Å²) in [4.78, 5) is 0. The molecular formula is C17H25NO. The van der Waals surface area contributed by atoms with Crippen LogP contribution in [-0.2, 0) is 6.54 Å². The van der Waals surface area contributed by atoms with Crippen LogP contribution in [0.3, 0.4) is 0 Å². The molecule has 1 atom stereocenters. The number of nitrogens with one attached hydrogen (secondary N) is 1. The molecular weight excluding hydrogens is 234 g/mol. The van der Waals surface area contributed by atoms with Crippen LogP contribution in [0, 0.1) is 5.41 Å². The summed E-state index contributed by atoms with van der Waals surface area (Å²) in [5.74, 6) is 0.941. The van der Waals surface area contributed by atoms with Gasteiger partial charge in [0.25, 0.3) is 0 Å². The third-order valence-corrected chi connectivity index (χ3v) is 5.23. The lowest BCUT2D eigenvalue weighted by Crippen LogP contribution is -2.53. The predicted octanol–water partition coefficient (Wildman–Crippen LogP) is 3.90. The standard InChI is InChI=1S/C17H25NO/c1-19-15-7-5-14(6-8-15)13-18-16-9-12-17(16)10-3-2-4-11-17/h5-8,16,18H,2-4,9-13H2,1H3. The Hall–Kier alpha value is -1.02. The quantitative estimate of drug-likeness (QED) is 0.885. The normalized spacial score (nSPS) is 25.0. The molecule has 1 unspecified atom stereocenters. The highest BCUT2D eigenvalue weighted by Gasteiger charge is 2.46. The maximum absolute atomic E-state index is 5.20. The predicted molar refractivity (Wildman–Crippen MR) is 78.4 cm³/mol. The van der Waals surface area contributed by atoms with Gasteiger partial charge in [-0.25, -0.2) is 0 Å². The molecule has 19 heavy (non-hydrogen) atoms. The second kappa shape index (κ2) is 5.54. The molecule has 1 spiro atoms. The van der Waals surface area contributed by atoms with Crippen LogP contribution in [-0.4, -0.2) is 13.2 Å². The smallest absolute Gasteiger partial charge is 0.118 e. The van der Waals surface area contributed by atoms with Gasteiger partial charge in [-0.3, -0.25) is 0 Å². The molecule has 0 aromatic heterocycles. The molecule has 0 amide bonds. The summed E-state index contributed by atoms with van der Waals surface area (Å²) in [6, 6.07) is 9.19. The van der Waals surface area contributed by atoms with E-state index in [9.17, 15) is 0 Å². The van der Waals surface area contributed by atoms with Crippen molar-refractivity contribution < 1.29 is 4.74 Å². The second-order valence-corrected chi connectivity index (χ2v) is 6.24. The summed E-state index contributed by atoms with van der Waals surface area (Å²) in [7, 11) is 1.72. The summed E-state index contributed by atoms with van der Waals surface area (Å²) in [6.45, 7) is 0.996. The summed E-state index contributed by atoms with van der Waals surface area (Å²) in [6.07, 6.45) is 10.1. The third-order valence-electron chi connectivity index (χ3n) is 5.23. The van der Waals surface area contributed by atoms with Gasteiger partial charge in [-0.2, -0.15) is 0 Å². The lowest BCUT2D eigenvalue weighted by atomic mass is 9.57. The Labute approximate surface area is 116 Å². The maximum atomic E-state index is 5.20. The van der Waals surface area contributed by atoms with Gasteiger partial charge in [-0.05, 0) is 48.8 Å². The van der Waals surface area contributed by atoms with E-state index in [1.165, 1.54) is 50.5 Å². The van der Waals surface area contributed by atoms with Crippen molar-refractivity contribution in [1.82, 2.24) is 5.32 Å². The first-order chi connectivity index (χ1) is 9.32. The van der Waals surface area contributed by atoms with E-state index in [-0.39, 0.29) is 0 Å². The van der Waals surface area contributed by atoms with Gasteiger partial charge in [0.05, 0.1) is 7.11 Å². The highest BCUT2D eigenvalue weighted by Crippen LogP contribution is 2.51. The number of rotatable bonds is 4. The molecule has 2 aliphatic rings. The average molecular weight is 259 g/mol. The van der Waals surface area contributed by atoms with E-state index in [0.29, 0.717) is 5.41 Å². The molecule has 2 fully saturated rings. The highest BCUT2D eigenvalue weighted by atomic mass is 16.5.